The van der Waals surface area contributed by atoms with E-state index in [2.05, 4.69) is 23.8 Å². The second-order valence-corrected chi connectivity index (χ2v) is 7.32. The maximum absolute atomic E-state index is 12.5. The Morgan fingerprint density at radius 3 is 2.81 bits per heavy atom. The fourth-order valence-corrected chi connectivity index (χ4v) is 4.12. The Labute approximate surface area is 156 Å². The highest BCUT2D eigenvalue weighted by molar-refractivity contribution is 7.14. The van der Waals surface area contributed by atoms with E-state index in [1.165, 1.54) is 21.8 Å². The monoisotopic (exact) mass is 370 g/mol. The van der Waals surface area contributed by atoms with Gasteiger partial charge in [-0.15, -0.1) is 11.3 Å². The summed E-state index contributed by atoms with van der Waals surface area (Å²) in [5.74, 6) is -0.0292. The first-order valence-corrected chi connectivity index (χ1v) is 9.66. The number of carbonyl (C=O) groups excluding carboxylic acids is 1. The predicted octanol–water partition coefficient (Wildman–Crippen LogP) is 4.42. The summed E-state index contributed by atoms with van der Waals surface area (Å²) in [5.41, 5.74) is 1.56. The molecule has 0 saturated carbocycles. The molecule has 0 bridgehead atoms. The van der Waals surface area contributed by atoms with E-state index in [1.54, 1.807) is 25.1 Å². The lowest BCUT2D eigenvalue weighted by molar-refractivity contribution is 0.0326. The predicted molar refractivity (Wildman–Crippen MR) is 104 cm³/mol. The second-order valence-electron chi connectivity index (χ2n) is 6.18. The molecule has 26 heavy (non-hydrogen) atoms. The SMILES string of the molecule is CCCc1sc(C(=O)O[C@@H](C)c2nc3ccccc3c(=O)[nH]2)cc1CC. The lowest BCUT2D eigenvalue weighted by Crippen LogP contribution is -2.17. The van der Waals surface area contributed by atoms with Gasteiger partial charge < -0.3 is 9.72 Å². The summed E-state index contributed by atoms with van der Waals surface area (Å²) in [7, 11) is 0. The molecule has 0 unspecified atom stereocenters. The summed E-state index contributed by atoms with van der Waals surface area (Å²) in [6, 6.07) is 9.02. The maximum atomic E-state index is 12.5. The summed E-state index contributed by atoms with van der Waals surface area (Å²) in [5, 5.41) is 0.518. The molecule has 0 spiro atoms. The van der Waals surface area contributed by atoms with Crippen LogP contribution in [0, 0.1) is 0 Å². The van der Waals surface area contributed by atoms with E-state index in [0.717, 1.165) is 19.3 Å². The Bertz CT molecular complexity index is 990. The summed E-state index contributed by atoms with van der Waals surface area (Å²) in [4.78, 5) is 33.7. The van der Waals surface area contributed by atoms with Crippen molar-refractivity contribution in [3.05, 3.63) is 61.8 Å². The average Bonchev–Trinajstić information content (AvgIpc) is 3.05. The average molecular weight is 370 g/mol. The highest BCUT2D eigenvalue weighted by Gasteiger charge is 2.20. The van der Waals surface area contributed by atoms with Crippen LogP contribution in [0.5, 0.6) is 0 Å². The molecule has 0 fully saturated rings. The Kier molecular flexibility index (Phi) is 5.52. The highest BCUT2D eigenvalue weighted by Crippen LogP contribution is 2.27. The van der Waals surface area contributed by atoms with Gasteiger partial charge in [0.25, 0.3) is 5.56 Å². The Morgan fingerprint density at radius 1 is 1.31 bits per heavy atom. The standard InChI is InChI=1S/C20H22N2O3S/c1-4-8-16-13(5-2)11-17(26-16)20(24)25-12(3)18-21-15-10-7-6-9-14(15)19(23)22-18/h6-7,9-12H,4-5,8H2,1-3H3,(H,21,22,23)/t12-/m0/s1. The van der Waals surface area contributed by atoms with Crippen molar-refractivity contribution < 1.29 is 9.53 Å². The van der Waals surface area contributed by atoms with E-state index in [1.807, 2.05) is 12.1 Å². The zero-order valence-electron chi connectivity index (χ0n) is 15.2. The van der Waals surface area contributed by atoms with Crippen LogP contribution in [0.1, 0.15) is 59.2 Å². The highest BCUT2D eigenvalue weighted by atomic mass is 32.1. The van der Waals surface area contributed by atoms with E-state index in [0.29, 0.717) is 21.6 Å². The minimum Gasteiger partial charge on any atom is -0.450 e. The Hall–Kier alpha value is -2.47. The number of nitrogens with one attached hydrogen (secondary N) is 1. The molecule has 0 aliphatic heterocycles. The smallest absolute Gasteiger partial charge is 0.349 e. The molecule has 2 heterocycles. The van der Waals surface area contributed by atoms with Gasteiger partial charge in [0.1, 0.15) is 4.88 Å². The summed E-state index contributed by atoms with van der Waals surface area (Å²) in [6.07, 6.45) is 2.27. The Balaban J connectivity index is 1.82. The molecule has 1 atom stereocenters. The fraction of sp³-hybridized carbons (Fsp3) is 0.350. The minimum atomic E-state index is -0.637. The van der Waals surface area contributed by atoms with Gasteiger partial charge in [-0.25, -0.2) is 9.78 Å². The number of hydrogen-bond acceptors (Lipinski definition) is 5. The number of thiophene rings is 1. The Morgan fingerprint density at radius 2 is 2.08 bits per heavy atom. The lowest BCUT2D eigenvalue weighted by atomic mass is 10.1. The van der Waals surface area contributed by atoms with Gasteiger partial charge in [0.2, 0.25) is 0 Å². The van der Waals surface area contributed by atoms with Crippen LogP contribution in [-0.4, -0.2) is 15.9 Å². The number of fused-ring (bicyclic) bond motifs is 1. The molecule has 0 saturated heterocycles. The third kappa shape index (κ3) is 3.70. The van der Waals surface area contributed by atoms with Crippen LogP contribution in [0.2, 0.25) is 0 Å². The molecule has 5 nitrogen and oxygen atoms in total. The molecule has 3 aromatic rings. The molecule has 1 N–H and O–H groups in total. The van der Waals surface area contributed by atoms with E-state index in [-0.39, 0.29) is 11.5 Å². The van der Waals surface area contributed by atoms with E-state index in [4.69, 9.17) is 4.74 Å². The van der Waals surface area contributed by atoms with Crippen molar-refractivity contribution in [1.29, 1.82) is 0 Å². The third-order valence-corrected chi connectivity index (χ3v) is 5.47. The van der Waals surface area contributed by atoms with Crippen molar-refractivity contribution in [1.82, 2.24) is 9.97 Å². The fourth-order valence-electron chi connectivity index (χ4n) is 2.88. The second kappa shape index (κ2) is 7.83. The number of aryl methyl sites for hydroxylation is 2. The quantitative estimate of drug-likeness (QED) is 0.652. The van der Waals surface area contributed by atoms with Gasteiger partial charge in [0.15, 0.2) is 11.9 Å². The molecule has 2 aromatic heterocycles. The van der Waals surface area contributed by atoms with Crippen molar-refractivity contribution >= 4 is 28.2 Å². The molecule has 6 heteroatoms. The molecular formula is C20H22N2O3S. The number of esters is 1. The number of aromatic nitrogens is 2. The van der Waals surface area contributed by atoms with Gasteiger partial charge in [-0.05, 0) is 43.5 Å². The van der Waals surface area contributed by atoms with Crippen molar-refractivity contribution in [2.75, 3.05) is 0 Å². The largest absolute Gasteiger partial charge is 0.450 e. The first kappa shape index (κ1) is 18.3. The third-order valence-electron chi connectivity index (χ3n) is 4.26. The number of carbonyl (C=O) groups is 1. The van der Waals surface area contributed by atoms with E-state index in [9.17, 15) is 9.59 Å². The van der Waals surface area contributed by atoms with Crippen LogP contribution in [-0.2, 0) is 17.6 Å². The number of aromatic amines is 1. The number of hydrogen-bond donors (Lipinski definition) is 1. The molecule has 136 valence electrons. The topological polar surface area (TPSA) is 72.0 Å². The molecule has 0 aliphatic rings. The number of rotatable bonds is 6. The minimum absolute atomic E-state index is 0.233. The van der Waals surface area contributed by atoms with Crippen molar-refractivity contribution in [3.8, 4) is 0 Å². The number of H-pyrrole nitrogens is 1. The van der Waals surface area contributed by atoms with Crippen molar-refractivity contribution in [2.24, 2.45) is 0 Å². The van der Waals surface area contributed by atoms with Gasteiger partial charge in [-0.3, -0.25) is 4.79 Å². The zero-order chi connectivity index (χ0) is 18.7. The molecule has 1 aromatic carbocycles. The maximum Gasteiger partial charge on any atom is 0.349 e. The van der Waals surface area contributed by atoms with Crippen LogP contribution in [0.3, 0.4) is 0 Å². The van der Waals surface area contributed by atoms with E-state index < -0.39 is 6.10 Å². The summed E-state index contributed by atoms with van der Waals surface area (Å²) >= 11 is 1.49. The molecule has 0 radical (unpaired) electrons. The summed E-state index contributed by atoms with van der Waals surface area (Å²) < 4.78 is 5.56. The first-order chi connectivity index (χ1) is 12.5. The van der Waals surface area contributed by atoms with Gasteiger partial charge in [-0.1, -0.05) is 32.4 Å². The zero-order valence-corrected chi connectivity index (χ0v) is 16.0. The first-order valence-electron chi connectivity index (χ1n) is 8.85. The summed E-state index contributed by atoms with van der Waals surface area (Å²) in [6.45, 7) is 5.93. The number of benzene rings is 1. The van der Waals surface area contributed by atoms with Gasteiger partial charge in [0.05, 0.1) is 10.9 Å². The van der Waals surface area contributed by atoms with Gasteiger partial charge >= 0.3 is 5.97 Å². The van der Waals surface area contributed by atoms with E-state index >= 15 is 0 Å². The molecule has 3 rings (SSSR count). The van der Waals surface area contributed by atoms with Crippen LogP contribution in [0.4, 0.5) is 0 Å². The lowest BCUT2D eigenvalue weighted by Gasteiger charge is -2.12. The van der Waals surface area contributed by atoms with Crippen LogP contribution in [0.15, 0.2) is 35.1 Å². The number of nitrogens with zero attached hydrogens (tertiary/aromatic N) is 1. The van der Waals surface area contributed by atoms with Crippen molar-refractivity contribution in [2.45, 2.75) is 46.1 Å². The molecular weight excluding hydrogens is 348 g/mol. The molecule has 0 aliphatic carbocycles. The van der Waals surface area contributed by atoms with Crippen LogP contribution in [0.25, 0.3) is 10.9 Å². The number of para-hydroxylation sites is 1. The normalized spacial score (nSPS) is 12.3. The van der Waals surface area contributed by atoms with Crippen molar-refractivity contribution in [3.63, 3.8) is 0 Å². The van der Waals surface area contributed by atoms with Crippen LogP contribution < -0.4 is 5.56 Å². The number of ether oxygens (including phenoxy) is 1. The molecule has 0 amide bonds. The van der Waals surface area contributed by atoms with Gasteiger partial charge in [-0.2, -0.15) is 0 Å². The van der Waals surface area contributed by atoms with Gasteiger partial charge in [0, 0.05) is 4.88 Å². The van der Waals surface area contributed by atoms with Crippen LogP contribution >= 0.6 is 11.3 Å².